The third kappa shape index (κ3) is 7.19. The SMILES string of the molecule is Cc1nn(C)cc1-c1nc2ncc(Cl)c(Oc3ccc(C(=O)NCCC(=O)N4CCN(c5ccc([C@@H]6CCC(=O)NC6=O)cc5)C[C@H]4C)cc3)c2[nH]1. The molecule has 7 rings (SSSR count). The zero-order valence-electron chi connectivity index (χ0n) is 29.0. The average Bonchev–Trinajstić information content (AvgIpc) is 3.71. The number of imidazole rings is 1. The molecule has 2 saturated heterocycles. The molecule has 52 heavy (non-hydrogen) atoms. The lowest BCUT2D eigenvalue weighted by Gasteiger charge is -2.41. The summed E-state index contributed by atoms with van der Waals surface area (Å²) < 4.78 is 7.84. The molecule has 0 spiro atoms. The van der Waals surface area contributed by atoms with Crippen LogP contribution in [0.25, 0.3) is 22.6 Å². The van der Waals surface area contributed by atoms with Crippen LogP contribution < -0.4 is 20.3 Å². The predicted octanol–water partition coefficient (Wildman–Crippen LogP) is 4.49. The normalized spacial score (nSPS) is 17.7. The summed E-state index contributed by atoms with van der Waals surface area (Å²) in [5.74, 6) is 0.303. The van der Waals surface area contributed by atoms with E-state index in [1.807, 2.05) is 56.3 Å². The summed E-state index contributed by atoms with van der Waals surface area (Å²) in [6.07, 6.45) is 4.38. The number of fused-ring (bicyclic) bond motifs is 1. The summed E-state index contributed by atoms with van der Waals surface area (Å²) in [4.78, 5) is 66.1. The van der Waals surface area contributed by atoms with Crippen LogP contribution in [0.15, 0.2) is 60.9 Å². The van der Waals surface area contributed by atoms with E-state index in [0.29, 0.717) is 71.5 Å². The maximum absolute atomic E-state index is 13.1. The zero-order valence-corrected chi connectivity index (χ0v) is 29.7. The number of ether oxygens (including phenoxy) is 1. The first-order chi connectivity index (χ1) is 25.0. The first kappa shape index (κ1) is 34.7. The molecule has 2 aromatic carbocycles. The van der Waals surface area contributed by atoms with E-state index in [1.165, 1.54) is 6.20 Å². The molecule has 2 atom stereocenters. The van der Waals surface area contributed by atoms with E-state index in [4.69, 9.17) is 16.3 Å². The summed E-state index contributed by atoms with van der Waals surface area (Å²) >= 11 is 6.48. The molecule has 3 aromatic heterocycles. The van der Waals surface area contributed by atoms with E-state index in [-0.39, 0.29) is 48.6 Å². The van der Waals surface area contributed by atoms with Gasteiger partial charge >= 0.3 is 0 Å². The Hall–Kier alpha value is -5.76. The van der Waals surface area contributed by atoms with Gasteiger partial charge in [0.2, 0.25) is 17.7 Å². The highest BCUT2D eigenvalue weighted by Crippen LogP contribution is 2.36. The number of carbonyl (C=O) groups is 4. The smallest absolute Gasteiger partial charge is 0.251 e. The lowest BCUT2D eigenvalue weighted by Crippen LogP contribution is -2.54. The van der Waals surface area contributed by atoms with Gasteiger partial charge < -0.3 is 24.8 Å². The molecule has 14 nitrogen and oxygen atoms in total. The Morgan fingerprint density at radius 1 is 1.08 bits per heavy atom. The summed E-state index contributed by atoms with van der Waals surface area (Å²) in [7, 11) is 1.84. The van der Waals surface area contributed by atoms with Crippen LogP contribution in [0.2, 0.25) is 5.02 Å². The van der Waals surface area contributed by atoms with Crippen molar-refractivity contribution in [2.45, 2.75) is 45.1 Å². The Labute approximate surface area is 304 Å². The number of halogens is 1. The van der Waals surface area contributed by atoms with Gasteiger partial charge in [0, 0.05) is 69.6 Å². The fourth-order valence-electron chi connectivity index (χ4n) is 6.78. The fraction of sp³-hybridized carbons (Fsp3) is 0.324. The molecule has 0 aliphatic carbocycles. The van der Waals surface area contributed by atoms with Crippen molar-refractivity contribution >= 4 is 52.1 Å². The number of carbonyl (C=O) groups excluding carboxylic acids is 4. The Morgan fingerprint density at radius 3 is 2.54 bits per heavy atom. The number of hydrogen-bond donors (Lipinski definition) is 3. The number of H-pyrrole nitrogens is 1. The number of nitrogens with one attached hydrogen (secondary N) is 3. The molecule has 268 valence electrons. The monoisotopic (exact) mass is 723 g/mol. The van der Waals surface area contributed by atoms with Crippen molar-refractivity contribution in [3.8, 4) is 22.9 Å². The van der Waals surface area contributed by atoms with Gasteiger partial charge in [-0.05, 0) is 62.2 Å². The first-order valence-electron chi connectivity index (χ1n) is 17.1. The number of pyridine rings is 1. The van der Waals surface area contributed by atoms with Crippen molar-refractivity contribution in [2.24, 2.45) is 7.05 Å². The molecule has 0 bridgehead atoms. The molecular formula is C37H38ClN9O5. The van der Waals surface area contributed by atoms with Gasteiger partial charge in [0.1, 0.15) is 22.1 Å². The Morgan fingerprint density at radius 2 is 1.85 bits per heavy atom. The van der Waals surface area contributed by atoms with E-state index >= 15 is 0 Å². The maximum atomic E-state index is 13.1. The minimum atomic E-state index is -0.321. The van der Waals surface area contributed by atoms with Crippen molar-refractivity contribution in [1.29, 1.82) is 0 Å². The second kappa shape index (κ2) is 14.5. The number of piperazine rings is 1. The number of aryl methyl sites for hydroxylation is 2. The molecule has 0 saturated carbocycles. The molecule has 0 unspecified atom stereocenters. The second-order valence-electron chi connectivity index (χ2n) is 13.1. The van der Waals surface area contributed by atoms with Gasteiger partial charge in [0.15, 0.2) is 11.4 Å². The molecule has 3 N–H and O–H groups in total. The van der Waals surface area contributed by atoms with E-state index in [9.17, 15) is 19.2 Å². The number of aromatic nitrogens is 5. The third-order valence-electron chi connectivity index (χ3n) is 9.51. The third-order valence-corrected chi connectivity index (χ3v) is 9.78. The average molecular weight is 724 g/mol. The molecule has 15 heteroatoms. The van der Waals surface area contributed by atoms with Crippen LogP contribution in [-0.4, -0.2) is 85.5 Å². The minimum absolute atomic E-state index is 0.0226. The molecule has 5 heterocycles. The Balaban J connectivity index is 0.896. The van der Waals surface area contributed by atoms with Gasteiger partial charge in [0.25, 0.3) is 5.91 Å². The molecule has 5 aromatic rings. The summed E-state index contributed by atoms with van der Waals surface area (Å²) in [6.45, 7) is 5.99. The van der Waals surface area contributed by atoms with Crippen LogP contribution in [0, 0.1) is 6.92 Å². The number of anilines is 1. The van der Waals surface area contributed by atoms with Crippen molar-refractivity contribution < 1.29 is 23.9 Å². The highest BCUT2D eigenvalue weighted by atomic mass is 35.5. The largest absolute Gasteiger partial charge is 0.453 e. The van der Waals surface area contributed by atoms with Gasteiger partial charge in [-0.2, -0.15) is 5.10 Å². The minimum Gasteiger partial charge on any atom is -0.453 e. The summed E-state index contributed by atoms with van der Waals surface area (Å²) in [5.41, 5.74) is 4.96. The number of amides is 4. The topological polar surface area (TPSA) is 167 Å². The van der Waals surface area contributed by atoms with E-state index in [2.05, 4.69) is 35.6 Å². The summed E-state index contributed by atoms with van der Waals surface area (Å²) in [5, 5.41) is 9.94. The predicted molar refractivity (Wildman–Crippen MR) is 194 cm³/mol. The number of nitrogens with zero attached hydrogens (tertiary/aromatic N) is 6. The standard InChI is InChI=1S/C37H38ClN9O5/c1-21-19-46(25-8-4-23(5-9-25)27-12-13-30(48)41-37(27)51)16-17-47(21)31(49)14-15-39-36(50)24-6-10-26(11-7-24)52-33-29(38)18-40-35-32(33)42-34(43-35)28-20-45(3)44-22(28)2/h4-11,18,20-21,27H,12-17,19H2,1-3H3,(H,39,50)(H,40,42,43)(H,41,48,51)/t21-,27+/m1/s1. The number of benzene rings is 2. The van der Waals surface area contributed by atoms with Crippen molar-refractivity contribution in [3.63, 3.8) is 0 Å². The Bertz CT molecular complexity index is 2160. The molecule has 2 fully saturated rings. The molecule has 0 radical (unpaired) electrons. The molecule has 2 aliphatic heterocycles. The quantitative estimate of drug-likeness (QED) is 0.186. The number of piperidine rings is 1. The van der Waals surface area contributed by atoms with Crippen LogP contribution >= 0.6 is 11.6 Å². The number of aromatic amines is 1. The molecule has 2 aliphatic rings. The first-order valence-corrected chi connectivity index (χ1v) is 17.5. The second-order valence-corrected chi connectivity index (χ2v) is 13.5. The lowest BCUT2D eigenvalue weighted by molar-refractivity contribution is -0.135. The molecular weight excluding hydrogens is 686 g/mol. The number of rotatable bonds is 9. The lowest BCUT2D eigenvalue weighted by atomic mass is 9.90. The van der Waals surface area contributed by atoms with Crippen LogP contribution in [0.1, 0.15) is 53.7 Å². The maximum Gasteiger partial charge on any atom is 0.251 e. The van der Waals surface area contributed by atoms with E-state index in [0.717, 1.165) is 22.5 Å². The van der Waals surface area contributed by atoms with Crippen LogP contribution in [0.5, 0.6) is 11.5 Å². The highest BCUT2D eigenvalue weighted by Gasteiger charge is 2.30. The van der Waals surface area contributed by atoms with Crippen molar-refractivity contribution in [2.75, 3.05) is 31.1 Å². The van der Waals surface area contributed by atoms with Crippen LogP contribution in [0.4, 0.5) is 5.69 Å². The van der Waals surface area contributed by atoms with Gasteiger partial charge in [-0.1, -0.05) is 23.7 Å². The van der Waals surface area contributed by atoms with Crippen LogP contribution in [-0.2, 0) is 21.4 Å². The Kier molecular flexibility index (Phi) is 9.65. The van der Waals surface area contributed by atoms with Gasteiger partial charge in [-0.25, -0.2) is 9.97 Å². The van der Waals surface area contributed by atoms with Gasteiger partial charge in [-0.15, -0.1) is 0 Å². The van der Waals surface area contributed by atoms with Crippen LogP contribution in [0.3, 0.4) is 0 Å². The summed E-state index contributed by atoms with van der Waals surface area (Å²) in [6, 6.07) is 14.5. The highest BCUT2D eigenvalue weighted by molar-refractivity contribution is 6.32. The number of hydrogen-bond acceptors (Lipinski definition) is 9. The zero-order chi connectivity index (χ0) is 36.5. The number of imide groups is 1. The fourth-order valence-corrected chi connectivity index (χ4v) is 6.97. The van der Waals surface area contributed by atoms with E-state index in [1.54, 1.807) is 28.9 Å². The van der Waals surface area contributed by atoms with Crippen molar-refractivity contribution in [3.05, 3.63) is 82.8 Å². The van der Waals surface area contributed by atoms with Crippen molar-refractivity contribution in [1.82, 2.24) is 40.3 Å². The van der Waals surface area contributed by atoms with E-state index < -0.39 is 0 Å². The molecule has 4 amide bonds. The van der Waals surface area contributed by atoms with Gasteiger partial charge in [-0.3, -0.25) is 29.2 Å². The van der Waals surface area contributed by atoms with Gasteiger partial charge in [0.05, 0.1) is 23.4 Å².